The topological polar surface area (TPSA) is 43.9 Å². The molecule has 0 saturated carbocycles. The zero-order valence-corrected chi connectivity index (χ0v) is 17.0. The Labute approximate surface area is 152 Å². The molecule has 0 unspecified atom stereocenters. The van der Waals surface area contributed by atoms with E-state index in [0.717, 1.165) is 31.5 Å². The molecule has 24 heavy (non-hydrogen) atoms. The average Bonchev–Trinajstić information content (AvgIpc) is 2.47. The van der Waals surface area contributed by atoms with Crippen molar-refractivity contribution in [1.82, 2.24) is 14.1 Å². The maximum absolute atomic E-state index is 13.1. The highest BCUT2D eigenvalue weighted by atomic mass is 35.5. The highest BCUT2D eigenvalue weighted by molar-refractivity contribution is 7.89. The van der Waals surface area contributed by atoms with Gasteiger partial charge in [-0.05, 0) is 78.7 Å². The normalized spacial score (nSPS) is 12.5. The molecule has 0 aliphatic rings. The summed E-state index contributed by atoms with van der Waals surface area (Å²) in [5, 5.41) is 0.445. The smallest absolute Gasteiger partial charge is 0.243 e. The van der Waals surface area contributed by atoms with E-state index < -0.39 is 10.0 Å². The van der Waals surface area contributed by atoms with E-state index in [-0.39, 0.29) is 0 Å². The molecule has 0 saturated heterocycles. The Morgan fingerprint density at radius 2 is 1.42 bits per heavy atom. The van der Waals surface area contributed by atoms with E-state index in [4.69, 9.17) is 11.6 Å². The molecule has 0 spiro atoms. The van der Waals surface area contributed by atoms with Crippen molar-refractivity contribution in [2.45, 2.75) is 24.7 Å². The second-order valence-corrected chi connectivity index (χ2v) is 8.97. The van der Waals surface area contributed by atoms with E-state index in [2.05, 4.69) is 9.80 Å². The Morgan fingerprint density at radius 1 is 0.917 bits per heavy atom. The van der Waals surface area contributed by atoms with Crippen LogP contribution in [0.5, 0.6) is 0 Å². The number of hydrogen-bond donors (Lipinski definition) is 0. The minimum absolute atomic E-state index is 0.310. The molecule has 0 fully saturated rings. The average molecular weight is 376 g/mol. The molecule has 0 radical (unpaired) electrons. The van der Waals surface area contributed by atoms with Crippen molar-refractivity contribution in [3.8, 4) is 0 Å². The number of sulfonamides is 1. The fourth-order valence-electron chi connectivity index (χ4n) is 2.47. The number of nitrogens with zero attached hydrogens (tertiary/aromatic N) is 3. The van der Waals surface area contributed by atoms with Gasteiger partial charge in [0.15, 0.2) is 0 Å². The van der Waals surface area contributed by atoms with Crippen molar-refractivity contribution in [3.63, 3.8) is 0 Å². The van der Waals surface area contributed by atoms with Crippen LogP contribution >= 0.6 is 11.6 Å². The molecule has 0 heterocycles. The molecule has 0 aliphatic carbocycles. The summed E-state index contributed by atoms with van der Waals surface area (Å²) in [5.41, 5.74) is 0.726. The number of hydrogen-bond acceptors (Lipinski definition) is 4. The molecule has 0 aromatic heterocycles. The number of halogens is 1. The van der Waals surface area contributed by atoms with Crippen LogP contribution in [0.3, 0.4) is 0 Å². The lowest BCUT2D eigenvalue weighted by Crippen LogP contribution is -2.35. The lowest BCUT2D eigenvalue weighted by molar-refractivity contribution is 0.326. The highest BCUT2D eigenvalue weighted by Gasteiger charge is 2.25. The van der Waals surface area contributed by atoms with Crippen LogP contribution in [0.25, 0.3) is 0 Å². The van der Waals surface area contributed by atoms with E-state index >= 15 is 0 Å². The second-order valence-electron chi connectivity index (χ2n) is 6.63. The fraction of sp³-hybridized carbons (Fsp3) is 0.647. The molecule has 0 N–H and O–H groups in total. The quantitative estimate of drug-likeness (QED) is 0.630. The van der Waals surface area contributed by atoms with Crippen LogP contribution in [0, 0.1) is 6.92 Å². The van der Waals surface area contributed by atoms with Crippen LogP contribution in [-0.2, 0) is 10.0 Å². The van der Waals surface area contributed by atoms with Crippen LogP contribution in [-0.4, -0.2) is 76.9 Å². The molecule has 1 aromatic carbocycles. The molecule has 0 atom stereocenters. The van der Waals surface area contributed by atoms with Gasteiger partial charge in [0.25, 0.3) is 0 Å². The zero-order chi connectivity index (χ0) is 18.3. The van der Waals surface area contributed by atoms with Crippen molar-refractivity contribution in [2.24, 2.45) is 0 Å². The molecule has 5 nitrogen and oxygen atoms in total. The first-order chi connectivity index (χ1) is 11.1. The molecule has 1 rings (SSSR count). The second kappa shape index (κ2) is 9.73. The summed E-state index contributed by atoms with van der Waals surface area (Å²) in [4.78, 5) is 4.44. The summed E-state index contributed by atoms with van der Waals surface area (Å²) in [6, 6.07) is 5.03. The number of benzene rings is 1. The minimum Gasteiger partial charge on any atom is -0.309 e. The largest absolute Gasteiger partial charge is 0.309 e. The molecule has 0 amide bonds. The van der Waals surface area contributed by atoms with Gasteiger partial charge in [-0.1, -0.05) is 17.7 Å². The highest BCUT2D eigenvalue weighted by Crippen LogP contribution is 2.24. The summed E-state index contributed by atoms with van der Waals surface area (Å²) in [6.45, 7) is 4.54. The molecule has 138 valence electrons. The van der Waals surface area contributed by atoms with E-state index in [0.29, 0.717) is 23.0 Å². The van der Waals surface area contributed by atoms with Crippen molar-refractivity contribution < 1.29 is 8.42 Å². The summed E-state index contributed by atoms with van der Waals surface area (Å²) >= 11 is 6.02. The van der Waals surface area contributed by atoms with Gasteiger partial charge < -0.3 is 9.80 Å². The lowest BCUT2D eigenvalue weighted by Gasteiger charge is -2.24. The van der Waals surface area contributed by atoms with Gasteiger partial charge in [0.2, 0.25) is 10.0 Å². The molecule has 0 bridgehead atoms. The molecule has 0 aliphatic heterocycles. The van der Waals surface area contributed by atoms with Crippen molar-refractivity contribution >= 4 is 21.6 Å². The monoisotopic (exact) mass is 375 g/mol. The zero-order valence-electron chi connectivity index (χ0n) is 15.4. The van der Waals surface area contributed by atoms with Gasteiger partial charge in [0, 0.05) is 18.1 Å². The van der Waals surface area contributed by atoms with Crippen LogP contribution in [0.15, 0.2) is 23.1 Å². The van der Waals surface area contributed by atoms with Crippen LogP contribution in [0.2, 0.25) is 5.02 Å². The Balaban J connectivity index is 2.98. The Morgan fingerprint density at radius 3 is 1.88 bits per heavy atom. The third-order valence-corrected chi connectivity index (χ3v) is 6.07. The van der Waals surface area contributed by atoms with Gasteiger partial charge in [0.1, 0.15) is 0 Å². The van der Waals surface area contributed by atoms with Crippen molar-refractivity contribution in [1.29, 1.82) is 0 Å². The molecule has 1 aromatic rings. The maximum atomic E-state index is 13.1. The van der Waals surface area contributed by atoms with Crippen molar-refractivity contribution in [2.75, 3.05) is 54.4 Å². The first kappa shape index (κ1) is 21.4. The van der Waals surface area contributed by atoms with E-state index in [1.165, 1.54) is 0 Å². The predicted octanol–water partition coefficient (Wildman–Crippen LogP) is 2.54. The van der Waals surface area contributed by atoms with Gasteiger partial charge >= 0.3 is 0 Å². The van der Waals surface area contributed by atoms with Crippen LogP contribution < -0.4 is 0 Å². The lowest BCUT2D eigenvalue weighted by atomic mass is 10.2. The first-order valence-electron chi connectivity index (χ1n) is 8.20. The number of rotatable bonds is 10. The van der Waals surface area contributed by atoms with Gasteiger partial charge in [-0.3, -0.25) is 0 Å². The third-order valence-electron chi connectivity index (χ3n) is 3.79. The van der Waals surface area contributed by atoms with E-state index in [1.807, 2.05) is 28.2 Å². The minimum atomic E-state index is -3.54. The summed E-state index contributed by atoms with van der Waals surface area (Å²) < 4.78 is 27.8. The van der Waals surface area contributed by atoms with E-state index in [9.17, 15) is 8.42 Å². The maximum Gasteiger partial charge on any atom is 0.243 e. The Kier molecular flexibility index (Phi) is 8.67. The summed E-state index contributed by atoms with van der Waals surface area (Å²) in [5.74, 6) is 0. The SMILES string of the molecule is Cc1ccc(Cl)cc1S(=O)(=O)N(CCCN(C)C)CCCN(C)C. The van der Waals surface area contributed by atoms with Crippen LogP contribution in [0.1, 0.15) is 18.4 Å². The summed E-state index contributed by atoms with van der Waals surface area (Å²) in [7, 11) is 4.43. The van der Waals surface area contributed by atoms with E-state index in [1.54, 1.807) is 29.4 Å². The Bertz CT molecular complexity index is 604. The number of aryl methyl sites for hydroxylation is 1. The van der Waals surface area contributed by atoms with Crippen molar-refractivity contribution in [3.05, 3.63) is 28.8 Å². The van der Waals surface area contributed by atoms with Crippen LogP contribution in [0.4, 0.5) is 0 Å². The van der Waals surface area contributed by atoms with Gasteiger partial charge in [0.05, 0.1) is 4.90 Å². The molecule has 7 heteroatoms. The summed E-state index contributed by atoms with van der Waals surface area (Å²) in [6.07, 6.45) is 1.60. The van der Waals surface area contributed by atoms with Gasteiger partial charge in [-0.2, -0.15) is 4.31 Å². The Hall–Kier alpha value is -0.660. The predicted molar refractivity (Wildman–Crippen MR) is 101 cm³/mol. The first-order valence-corrected chi connectivity index (χ1v) is 10.0. The third kappa shape index (κ3) is 6.69. The van der Waals surface area contributed by atoms with Gasteiger partial charge in [-0.25, -0.2) is 8.42 Å². The standard InChI is InChI=1S/C17H30ClN3O2S/c1-15-8-9-16(18)14-17(15)24(22,23)21(12-6-10-19(2)3)13-7-11-20(4)5/h8-9,14H,6-7,10-13H2,1-5H3. The van der Waals surface area contributed by atoms with Gasteiger partial charge in [-0.15, -0.1) is 0 Å². The molecular weight excluding hydrogens is 346 g/mol. The fourth-order valence-corrected chi connectivity index (χ4v) is 4.47. The molecular formula is C17H30ClN3O2S.